The Hall–Kier alpha value is -1.53. The van der Waals surface area contributed by atoms with E-state index in [1.54, 1.807) is 12.1 Å². The number of rotatable bonds is 6. The van der Waals surface area contributed by atoms with Crippen LogP contribution in [0.25, 0.3) is 0 Å². The van der Waals surface area contributed by atoms with Crippen molar-refractivity contribution >= 4 is 11.3 Å². The normalized spacial score (nSPS) is 10.9. The van der Waals surface area contributed by atoms with E-state index in [9.17, 15) is 4.39 Å². The second-order valence-electron chi connectivity index (χ2n) is 4.55. The highest BCUT2D eigenvalue weighted by molar-refractivity contribution is 7.13. The van der Waals surface area contributed by atoms with Crippen LogP contribution in [-0.4, -0.2) is 16.7 Å². The van der Waals surface area contributed by atoms with Crippen LogP contribution in [0.1, 0.15) is 18.9 Å². The molecule has 0 bridgehead atoms. The van der Waals surface area contributed by atoms with Gasteiger partial charge in [0.25, 0.3) is 5.19 Å². The highest BCUT2D eigenvalue weighted by Gasteiger charge is 2.07. The van der Waals surface area contributed by atoms with Gasteiger partial charge in [0, 0.05) is 12.6 Å². The fourth-order valence-corrected chi connectivity index (χ4v) is 2.13. The van der Waals surface area contributed by atoms with Gasteiger partial charge in [0.15, 0.2) is 0 Å². The van der Waals surface area contributed by atoms with Crippen molar-refractivity contribution in [2.75, 3.05) is 6.54 Å². The summed E-state index contributed by atoms with van der Waals surface area (Å²) >= 11 is 1.36. The Kier molecular flexibility index (Phi) is 4.81. The zero-order chi connectivity index (χ0) is 13.7. The number of nitrogens with zero attached hydrogens (tertiary/aromatic N) is 2. The summed E-state index contributed by atoms with van der Waals surface area (Å²) in [6, 6.07) is 5.96. The lowest BCUT2D eigenvalue weighted by Gasteiger charge is -2.04. The molecule has 0 aliphatic heterocycles. The van der Waals surface area contributed by atoms with Crippen LogP contribution in [0.4, 0.5) is 4.39 Å². The van der Waals surface area contributed by atoms with Crippen molar-refractivity contribution in [1.82, 2.24) is 15.5 Å². The van der Waals surface area contributed by atoms with E-state index in [1.165, 1.54) is 23.5 Å². The van der Waals surface area contributed by atoms with Crippen molar-refractivity contribution in [1.29, 1.82) is 0 Å². The molecule has 0 aliphatic rings. The molecule has 0 unspecified atom stereocenters. The predicted octanol–water partition coefficient (Wildman–Crippen LogP) is 3.22. The van der Waals surface area contributed by atoms with Gasteiger partial charge in [0.1, 0.15) is 16.6 Å². The number of nitrogens with one attached hydrogen (secondary N) is 1. The van der Waals surface area contributed by atoms with Crippen molar-refractivity contribution < 1.29 is 9.13 Å². The molecule has 0 amide bonds. The minimum Gasteiger partial charge on any atom is -0.430 e. The summed E-state index contributed by atoms with van der Waals surface area (Å²) in [5.41, 5.74) is 0. The van der Waals surface area contributed by atoms with Gasteiger partial charge in [-0.1, -0.05) is 36.3 Å². The first kappa shape index (κ1) is 13.9. The second kappa shape index (κ2) is 6.58. The summed E-state index contributed by atoms with van der Waals surface area (Å²) in [7, 11) is 0. The van der Waals surface area contributed by atoms with Gasteiger partial charge in [-0.05, 0) is 24.6 Å². The topological polar surface area (TPSA) is 47.0 Å². The van der Waals surface area contributed by atoms with E-state index < -0.39 is 0 Å². The van der Waals surface area contributed by atoms with Crippen LogP contribution in [0, 0.1) is 11.7 Å². The van der Waals surface area contributed by atoms with Crippen LogP contribution >= 0.6 is 11.3 Å². The fourth-order valence-electron chi connectivity index (χ4n) is 1.45. The van der Waals surface area contributed by atoms with Crippen LogP contribution < -0.4 is 10.1 Å². The number of benzene rings is 1. The van der Waals surface area contributed by atoms with Crippen molar-refractivity contribution in [2.45, 2.75) is 20.4 Å². The van der Waals surface area contributed by atoms with Crippen molar-refractivity contribution in [2.24, 2.45) is 5.92 Å². The number of ether oxygens (including phenoxy) is 1. The van der Waals surface area contributed by atoms with Gasteiger partial charge in [-0.15, -0.1) is 5.10 Å². The summed E-state index contributed by atoms with van der Waals surface area (Å²) in [5, 5.41) is 12.5. The summed E-state index contributed by atoms with van der Waals surface area (Å²) < 4.78 is 18.4. The largest absolute Gasteiger partial charge is 0.430 e. The third kappa shape index (κ3) is 4.57. The lowest BCUT2D eigenvalue weighted by molar-refractivity contribution is 0.467. The van der Waals surface area contributed by atoms with E-state index in [1.807, 2.05) is 0 Å². The van der Waals surface area contributed by atoms with Crippen molar-refractivity contribution in [3.63, 3.8) is 0 Å². The Morgan fingerprint density at radius 3 is 2.95 bits per heavy atom. The zero-order valence-electron chi connectivity index (χ0n) is 10.9. The Morgan fingerprint density at radius 2 is 2.21 bits per heavy atom. The summed E-state index contributed by atoms with van der Waals surface area (Å²) in [6.45, 7) is 5.89. The smallest absolute Gasteiger partial charge is 0.299 e. The molecule has 0 spiro atoms. The molecule has 2 rings (SSSR count). The predicted molar refractivity (Wildman–Crippen MR) is 72.9 cm³/mol. The van der Waals surface area contributed by atoms with Crippen LogP contribution in [0.15, 0.2) is 24.3 Å². The fraction of sp³-hybridized carbons (Fsp3) is 0.385. The SMILES string of the molecule is CC(C)CNCc1nnc(Oc2cccc(F)c2)s1. The maximum atomic E-state index is 13.0. The second-order valence-corrected chi connectivity index (χ2v) is 5.57. The number of aromatic nitrogens is 2. The lowest BCUT2D eigenvalue weighted by Crippen LogP contribution is -2.18. The molecule has 0 fully saturated rings. The van der Waals surface area contributed by atoms with Crippen LogP contribution in [0.5, 0.6) is 10.9 Å². The molecule has 2 aromatic rings. The molecule has 1 aromatic heterocycles. The van der Waals surface area contributed by atoms with Gasteiger partial charge >= 0.3 is 0 Å². The van der Waals surface area contributed by atoms with Crippen LogP contribution in [-0.2, 0) is 6.54 Å². The quantitative estimate of drug-likeness (QED) is 0.883. The van der Waals surface area contributed by atoms with Gasteiger partial charge in [-0.3, -0.25) is 0 Å². The van der Waals surface area contributed by atoms with Crippen molar-refractivity contribution in [3.05, 3.63) is 35.1 Å². The molecule has 102 valence electrons. The molecular formula is C13H16FN3OS. The third-order valence-corrected chi connectivity index (χ3v) is 3.08. The molecule has 19 heavy (non-hydrogen) atoms. The summed E-state index contributed by atoms with van der Waals surface area (Å²) in [6.07, 6.45) is 0. The Bertz CT molecular complexity index is 530. The number of hydrogen-bond donors (Lipinski definition) is 1. The van der Waals surface area contributed by atoms with E-state index in [-0.39, 0.29) is 5.82 Å². The Balaban J connectivity index is 1.90. The van der Waals surface area contributed by atoms with Gasteiger partial charge < -0.3 is 10.1 Å². The van der Waals surface area contributed by atoms with E-state index in [4.69, 9.17) is 4.74 Å². The molecule has 0 atom stereocenters. The molecule has 0 radical (unpaired) electrons. The van der Waals surface area contributed by atoms with E-state index in [0.717, 1.165) is 11.6 Å². The standard InChI is InChI=1S/C13H16FN3OS/c1-9(2)7-15-8-12-16-17-13(19-12)18-11-5-3-4-10(14)6-11/h3-6,9,15H,7-8H2,1-2H3. The number of halogens is 1. The average Bonchev–Trinajstić information content (AvgIpc) is 2.76. The molecule has 1 heterocycles. The first-order valence-corrected chi connectivity index (χ1v) is 6.91. The molecule has 4 nitrogen and oxygen atoms in total. The van der Waals surface area contributed by atoms with E-state index >= 15 is 0 Å². The zero-order valence-corrected chi connectivity index (χ0v) is 11.7. The molecule has 0 saturated carbocycles. The van der Waals surface area contributed by atoms with Crippen LogP contribution in [0.2, 0.25) is 0 Å². The first-order valence-electron chi connectivity index (χ1n) is 6.10. The highest BCUT2D eigenvalue weighted by Crippen LogP contribution is 2.25. The molecule has 1 aromatic carbocycles. The minimum atomic E-state index is -0.333. The van der Waals surface area contributed by atoms with Crippen LogP contribution in [0.3, 0.4) is 0 Å². The first-order chi connectivity index (χ1) is 9.13. The Morgan fingerprint density at radius 1 is 1.37 bits per heavy atom. The maximum Gasteiger partial charge on any atom is 0.299 e. The average molecular weight is 281 g/mol. The molecule has 0 saturated heterocycles. The minimum absolute atomic E-state index is 0.333. The number of hydrogen-bond acceptors (Lipinski definition) is 5. The summed E-state index contributed by atoms with van der Waals surface area (Å²) in [5.74, 6) is 0.689. The summed E-state index contributed by atoms with van der Waals surface area (Å²) in [4.78, 5) is 0. The van der Waals surface area contributed by atoms with E-state index in [0.29, 0.717) is 23.4 Å². The van der Waals surface area contributed by atoms with Gasteiger partial charge in [0.2, 0.25) is 0 Å². The highest BCUT2D eigenvalue weighted by atomic mass is 32.1. The van der Waals surface area contributed by atoms with Gasteiger partial charge in [-0.25, -0.2) is 4.39 Å². The van der Waals surface area contributed by atoms with Gasteiger partial charge in [0.05, 0.1) is 0 Å². The molecule has 6 heteroatoms. The lowest BCUT2D eigenvalue weighted by atomic mass is 10.2. The van der Waals surface area contributed by atoms with Gasteiger partial charge in [-0.2, -0.15) is 0 Å². The molecule has 1 N–H and O–H groups in total. The van der Waals surface area contributed by atoms with E-state index in [2.05, 4.69) is 29.4 Å². The maximum absolute atomic E-state index is 13.0. The Labute approximate surface area is 115 Å². The van der Waals surface area contributed by atoms with Crippen molar-refractivity contribution in [3.8, 4) is 10.9 Å². The third-order valence-electron chi connectivity index (χ3n) is 2.28. The molecular weight excluding hydrogens is 265 g/mol. The molecule has 0 aliphatic carbocycles. The monoisotopic (exact) mass is 281 g/mol.